The predicted molar refractivity (Wildman–Crippen MR) is 153 cm³/mol. The van der Waals surface area contributed by atoms with Crippen LogP contribution < -0.4 is 16.0 Å². The van der Waals surface area contributed by atoms with Gasteiger partial charge in [0.2, 0.25) is 0 Å². The summed E-state index contributed by atoms with van der Waals surface area (Å²) in [6, 6.07) is 33.7. The van der Waals surface area contributed by atoms with Gasteiger partial charge >= 0.3 is 5.97 Å². The average molecular weight is 525 g/mol. The molecule has 4 aromatic carbocycles. The molecular formula is C30H28N4O3S. The quantitative estimate of drug-likeness (QED) is 0.0934. The van der Waals surface area contributed by atoms with Crippen molar-refractivity contribution in [1.29, 1.82) is 5.41 Å². The number of carbonyl (C=O) groups excluding carboxylic acids is 1. The molecule has 1 unspecified atom stereocenters. The van der Waals surface area contributed by atoms with E-state index in [1.807, 2.05) is 72.8 Å². The molecule has 1 atom stereocenters. The van der Waals surface area contributed by atoms with E-state index < -0.39 is 5.97 Å². The highest BCUT2D eigenvalue weighted by molar-refractivity contribution is 7.99. The minimum Gasteiger partial charge on any atom is -0.481 e. The summed E-state index contributed by atoms with van der Waals surface area (Å²) < 4.78 is 0. The van der Waals surface area contributed by atoms with Gasteiger partial charge in [-0.05, 0) is 53.6 Å². The molecule has 0 spiro atoms. The van der Waals surface area contributed by atoms with Crippen molar-refractivity contribution in [3.63, 3.8) is 0 Å². The lowest BCUT2D eigenvalue weighted by molar-refractivity contribution is -0.137. The number of nitrogens with one attached hydrogen (secondary N) is 4. The Morgan fingerprint density at radius 3 is 2.16 bits per heavy atom. The van der Waals surface area contributed by atoms with Gasteiger partial charge in [0.25, 0.3) is 5.91 Å². The van der Waals surface area contributed by atoms with Gasteiger partial charge in [-0.1, -0.05) is 66.7 Å². The summed E-state index contributed by atoms with van der Waals surface area (Å²) in [4.78, 5) is 25.1. The molecule has 5 N–H and O–H groups in total. The molecule has 0 saturated carbocycles. The maximum Gasteiger partial charge on any atom is 0.304 e. The number of guanidine groups is 1. The second-order valence-corrected chi connectivity index (χ2v) is 9.79. The molecule has 0 fully saturated rings. The molecule has 192 valence electrons. The Morgan fingerprint density at radius 1 is 0.789 bits per heavy atom. The van der Waals surface area contributed by atoms with Gasteiger partial charge in [-0.3, -0.25) is 15.0 Å². The highest BCUT2D eigenvalue weighted by Gasteiger charge is 2.17. The van der Waals surface area contributed by atoms with Gasteiger partial charge in [0.05, 0.1) is 6.42 Å². The molecule has 4 rings (SSSR count). The molecule has 7 nitrogen and oxygen atoms in total. The summed E-state index contributed by atoms with van der Waals surface area (Å²) in [7, 11) is 0. The normalized spacial score (nSPS) is 11.3. The lowest BCUT2D eigenvalue weighted by Crippen LogP contribution is -2.29. The van der Waals surface area contributed by atoms with E-state index in [9.17, 15) is 14.7 Å². The van der Waals surface area contributed by atoms with E-state index in [-0.39, 0.29) is 23.5 Å². The van der Waals surface area contributed by atoms with Gasteiger partial charge in [0, 0.05) is 33.6 Å². The number of aliphatic carboxylic acids is 1. The molecular weight excluding hydrogens is 496 g/mol. The van der Waals surface area contributed by atoms with Crippen LogP contribution in [0.15, 0.2) is 114 Å². The van der Waals surface area contributed by atoms with Crippen LogP contribution in [0.5, 0.6) is 0 Å². The van der Waals surface area contributed by atoms with E-state index in [0.717, 1.165) is 16.0 Å². The fourth-order valence-electron chi connectivity index (χ4n) is 3.75. The Morgan fingerprint density at radius 2 is 1.47 bits per heavy atom. The molecule has 8 heteroatoms. The van der Waals surface area contributed by atoms with Crippen LogP contribution in [0.1, 0.15) is 33.2 Å². The van der Waals surface area contributed by atoms with Crippen LogP contribution in [0.2, 0.25) is 0 Å². The first-order chi connectivity index (χ1) is 18.5. The maximum atomic E-state index is 12.9. The SMILES string of the molecule is N=C(NCc1ccccc1)Nc1cccc(C(=O)Nc2ccc(SC(CC(=O)O)c3ccccc3)cc2)c1. The number of amides is 1. The van der Waals surface area contributed by atoms with Gasteiger partial charge in [0.1, 0.15) is 0 Å². The van der Waals surface area contributed by atoms with Gasteiger partial charge in [-0.2, -0.15) is 0 Å². The second kappa shape index (κ2) is 13.1. The summed E-state index contributed by atoms with van der Waals surface area (Å²) in [6.07, 6.45) is 0.0107. The van der Waals surface area contributed by atoms with Crippen molar-refractivity contribution in [2.45, 2.75) is 23.1 Å². The Balaban J connectivity index is 1.33. The topological polar surface area (TPSA) is 114 Å². The number of carboxylic acids is 1. The van der Waals surface area contributed by atoms with Crippen molar-refractivity contribution in [2.75, 3.05) is 10.6 Å². The van der Waals surface area contributed by atoms with Crippen LogP contribution in [0, 0.1) is 5.41 Å². The number of rotatable bonds is 10. The third-order valence-corrected chi connectivity index (χ3v) is 6.90. The number of thioether (sulfide) groups is 1. The monoisotopic (exact) mass is 524 g/mol. The van der Waals surface area contributed by atoms with Crippen molar-refractivity contribution >= 4 is 41.0 Å². The first-order valence-electron chi connectivity index (χ1n) is 12.0. The van der Waals surface area contributed by atoms with E-state index in [0.29, 0.717) is 23.5 Å². The zero-order valence-electron chi connectivity index (χ0n) is 20.6. The molecule has 0 aromatic heterocycles. The number of carboxylic acid groups (broad SMARTS) is 1. The van der Waals surface area contributed by atoms with Gasteiger partial charge < -0.3 is 21.1 Å². The van der Waals surface area contributed by atoms with Crippen LogP contribution in [-0.4, -0.2) is 22.9 Å². The standard InChI is InChI=1S/C30H28N4O3S/c31-30(32-20-21-8-3-1-4-9-21)34-25-13-7-12-23(18-25)29(37)33-24-14-16-26(17-15-24)38-27(19-28(35)36)22-10-5-2-6-11-22/h1-18,27H,19-20H2,(H,33,37)(H,35,36)(H3,31,32,34). The fraction of sp³-hybridized carbons (Fsp3) is 0.100. The van der Waals surface area contributed by atoms with Crippen molar-refractivity contribution < 1.29 is 14.7 Å². The summed E-state index contributed by atoms with van der Waals surface area (Å²) in [6.45, 7) is 0.517. The minimum absolute atomic E-state index is 0.0107. The Labute approximate surface area is 225 Å². The average Bonchev–Trinajstić information content (AvgIpc) is 2.93. The van der Waals surface area contributed by atoms with E-state index in [2.05, 4.69) is 16.0 Å². The van der Waals surface area contributed by atoms with E-state index in [4.69, 9.17) is 5.41 Å². The number of anilines is 2. The molecule has 0 aliphatic heterocycles. The van der Waals surface area contributed by atoms with Gasteiger partial charge in [-0.15, -0.1) is 11.8 Å². The molecule has 0 bridgehead atoms. The highest BCUT2D eigenvalue weighted by Crippen LogP contribution is 2.38. The van der Waals surface area contributed by atoms with Crippen LogP contribution >= 0.6 is 11.8 Å². The van der Waals surface area contributed by atoms with E-state index in [1.165, 1.54) is 11.8 Å². The maximum absolute atomic E-state index is 12.9. The van der Waals surface area contributed by atoms with E-state index in [1.54, 1.807) is 36.4 Å². The third-order valence-electron chi connectivity index (χ3n) is 5.63. The number of benzene rings is 4. The zero-order valence-corrected chi connectivity index (χ0v) is 21.4. The Kier molecular flexibility index (Phi) is 9.15. The lowest BCUT2D eigenvalue weighted by Gasteiger charge is -2.15. The number of hydrogen-bond donors (Lipinski definition) is 5. The fourth-order valence-corrected chi connectivity index (χ4v) is 4.89. The summed E-state index contributed by atoms with van der Waals surface area (Å²) in [5.74, 6) is -0.990. The number of hydrogen-bond acceptors (Lipinski definition) is 4. The number of carbonyl (C=O) groups is 2. The molecule has 0 aliphatic rings. The summed E-state index contributed by atoms with van der Waals surface area (Å²) in [5.41, 5.74) is 3.72. The lowest BCUT2D eigenvalue weighted by atomic mass is 10.1. The first-order valence-corrected chi connectivity index (χ1v) is 12.9. The summed E-state index contributed by atoms with van der Waals surface area (Å²) in [5, 5.41) is 26.1. The first kappa shape index (κ1) is 26.5. The molecule has 0 saturated heterocycles. The Bertz CT molecular complexity index is 1380. The van der Waals surface area contributed by atoms with Crippen molar-refractivity contribution in [3.8, 4) is 0 Å². The molecule has 38 heavy (non-hydrogen) atoms. The van der Waals surface area contributed by atoms with Crippen LogP contribution in [0.3, 0.4) is 0 Å². The third kappa shape index (κ3) is 7.97. The second-order valence-electron chi connectivity index (χ2n) is 8.51. The largest absolute Gasteiger partial charge is 0.481 e. The van der Waals surface area contributed by atoms with Crippen LogP contribution in [-0.2, 0) is 11.3 Å². The zero-order chi connectivity index (χ0) is 26.7. The van der Waals surface area contributed by atoms with Crippen molar-refractivity contribution in [3.05, 3.63) is 126 Å². The minimum atomic E-state index is -0.853. The van der Waals surface area contributed by atoms with Crippen LogP contribution in [0.25, 0.3) is 0 Å². The summed E-state index contributed by atoms with van der Waals surface area (Å²) >= 11 is 1.48. The van der Waals surface area contributed by atoms with Crippen molar-refractivity contribution in [2.24, 2.45) is 0 Å². The van der Waals surface area contributed by atoms with Crippen LogP contribution in [0.4, 0.5) is 11.4 Å². The molecule has 1 amide bonds. The smallest absolute Gasteiger partial charge is 0.304 e. The molecule has 4 aromatic rings. The highest BCUT2D eigenvalue weighted by atomic mass is 32.2. The molecule has 0 heterocycles. The predicted octanol–water partition coefficient (Wildman–Crippen LogP) is 6.38. The Hall–Kier alpha value is -4.56. The molecule has 0 radical (unpaired) electrons. The molecule has 0 aliphatic carbocycles. The van der Waals surface area contributed by atoms with Gasteiger partial charge in [-0.25, -0.2) is 0 Å². The van der Waals surface area contributed by atoms with Gasteiger partial charge in [0.15, 0.2) is 5.96 Å². The van der Waals surface area contributed by atoms with Crippen molar-refractivity contribution in [1.82, 2.24) is 5.32 Å². The van der Waals surface area contributed by atoms with E-state index >= 15 is 0 Å².